The third-order valence-corrected chi connectivity index (χ3v) is 3.20. The van der Waals surface area contributed by atoms with Crippen molar-refractivity contribution in [3.63, 3.8) is 0 Å². The van der Waals surface area contributed by atoms with E-state index in [1.807, 2.05) is 24.9 Å². The normalized spacial score (nSPS) is 17.4. The molecule has 4 nitrogen and oxygen atoms in total. The molecule has 4 heteroatoms. The average molecular weight is 259 g/mol. The lowest BCUT2D eigenvalue weighted by Crippen LogP contribution is -2.36. The first-order valence-electron chi connectivity index (χ1n) is 6.69. The van der Waals surface area contributed by atoms with E-state index in [1.165, 1.54) is 0 Å². The Labute approximate surface area is 114 Å². The van der Waals surface area contributed by atoms with E-state index in [2.05, 4.69) is 35.9 Å². The van der Waals surface area contributed by atoms with Crippen LogP contribution in [-0.4, -0.2) is 27.5 Å². The number of carbonyl (C=O) groups excluding carboxylic acids is 1. The largest absolute Gasteiger partial charge is 0.327 e. The van der Waals surface area contributed by atoms with E-state index < -0.39 is 0 Å². The fourth-order valence-electron chi connectivity index (χ4n) is 2.37. The van der Waals surface area contributed by atoms with E-state index in [-0.39, 0.29) is 17.2 Å². The summed E-state index contributed by atoms with van der Waals surface area (Å²) >= 11 is 0. The number of rotatable bonds is 0. The number of nitrogens with zero attached hydrogens (tertiary/aromatic N) is 2. The predicted octanol–water partition coefficient (Wildman–Crippen LogP) is 1.98. The van der Waals surface area contributed by atoms with Gasteiger partial charge in [-0.2, -0.15) is 5.10 Å². The van der Waals surface area contributed by atoms with Crippen molar-refractivity contribution in [1.82, 2.24) is 15.1 Å². The molecule has 0 spiro atoms. The van der Waals surface area contributed by atoms with Gasteiger partial charge in [-0.1, -0.05) is 33.6 Å². The second-order valence-corrected chi connectivity index (χ2v) is 6.30. The van der Waals surface area contributed by atoms with Crippen molar-refractivity contribution in [3.8, 4) is 11.8 Å². The predicted molar refractivity (Wildman–Crippen MR) is 74.1 cm³/mol. The van der Waals surface area contributed by atoms with Crippen LogP contribution < -0.4 is 0 Å². The Bertz CT molecular complexity index is 531. The summed E-state index contributed by atoms with van der Waals surface area (Å²) in [5, 5.41) is 7.12. The zero-order valence-electron chi connectivity index (χ0n) is 12.1. The van der Waals surface area contributed by atoms with E-state index in [0.717, 1.165) is 24.2 Å². The first-order valence-corrected chi connectivity index (χ1v) is 6.69. The van der Waals surface area contributed by atoms with Crippen LogP contribution in [0.5, 0.6) is 0 Å². The van der Waals surface area contributed by atoms with Gasteiger partial charge in [-0.15, -0.1) is 0 Å². The van der Waals surface area contributed by atoms with Gasteiger partial charge in [0.2, 0.25) is 0 Å². The number of amides is 1. The Morgan fingerprint density at radius 2 is 2.26 bits per heavy atom. The minimum atomic E-state index is -0.0872. The van der Waals surface area contributed by atoms with E-state index >= 15 is 0 Å². The summed E-state index contributed by atoms with van der Waals surface area (Å²) in [4.78, 5) is 14.0. The molecule has 1 aromatic rings. The molecular formula is C15H21N3O. The van der Waals surface area contributed by atoms with E-state index in [9.17, 15) is 4.79 Å². The minimum Gasteiger partial charge on any atom is -0.327 e. The Kier molecular flexibility index (Phi) is 3.66. The number of fused-ring (bicyclic) bond motifs is 1. The molecule has 1 aliphatic heterocycles. The van der Waals surface area contributed by atoms with Gasteiger partial charge in [-0.05, 0) is 17.8 Å². The smallest absolute Gasteiger partial charge is 0.298 e. The maximum absolute atomic E-state index is 12.2. The molecule has 0 aliphatic carbocycles. The number of aromatic amines is 1. The SMILES string of the molecule is CC(C)C#CC(=O)N1Cc2cn[nH]c2CC(C)(C)C1. The topological polar surface area (TPSA) is 49.0 Å². The summed E-state index contributed by atoms with van der Waals surface area (Å²) in [6.45, 7) is 9.63. The second-order valence-electron chi connectivity index (χ2n) is 6.30. The Hall–Kier alpha value is -1.76. The van der Waals surface area contributed by atoms with Crippen molar-refractivity contribution in [2.75, 3.05) is 6.54 Å². The van der Waals surface area contributed by atoms with Gasteiger partial charge in [0.15, 0.2) is 0 Å². The Morgan fingerprint density at radius 1 is 1.53 bits per heavy atom. The van der Waals surface area contributed by atoms with Crippen molar-refractivity contribution < 1.29 is 4.79 Å². The van der Waals surface area contributed by atoms with Gasteiger partial charge in [0.1, 0.15) is 0 Å². The highest BCUT2D eigenvalue weighted by atomic mass is 16.2. The lowest BCUT2D eigenvalue weighted by atomic mass is 9.88. The zero-order chi connectivity index (χ0) is 14.0. The summed E-state index contributed by atoms with van der Waals surface area (Å²) in [6, 6.07) is 0. The van der Waals surface area contributed by atoms with Crippen LogP contribution in [0, 0.1) is 23.2 Å². The highest BCUT2D eigenvalue weighted by molar-refractivity contribution is 5.93. The highest BCUT2D eigenvalue weighted by Crippen LogP contribution is 2.28. The maximum Gasteiger partial charge on any atom is 0.298 e. The standard InChI is InChI=1S/C15H21N3O/c1-11(2)5-6-14(19)18-9-12-8-16-17-13(12)7-15(3,4)10-18/h8,11H,7,9-10H2,1-4H3,(H,16,17). The van der Waals surface area contributed by atoms with E-state index in [0.29, 0.717) is 6.54 Å². The van der Waals surface area contributed by atoms with Gasteiger partial charge in [-0.3, -0.25) is 9.89 Å². The molecule has 1 aliphatic rings. The molecule has 1 amide bonds. The van der Waals surface area contributed by atoms with Crippen LogP contribution >= 0.6 is 0 Å². The van der Waals surface area contributed by atoms with E-state index in [4.69, 9.17) is 0 Å². The molecule has 0 saturated heterocycles. The van der Waals surface area contributed by atoms with Crippen LogP contribution in [0.3, 0.4) is 0 Å². The van der Waals surface area contributed by atoms with Gasteiger partial charge in [0.05, 0.1) is 6.20 Å². The van der Waals surface area contributed by atoms with Crippen LogP contribution in [0.2, 0.25) is 0 Å². The summed E-state index contributed by atoms with van der Waals surface area (Å²) < 4.78 is 0. The van der Waals surface area contributed by atoms with Crippen LogP contribution in [0.4, 0.5) is 0 Å². The molecule has 0 fully saturated rings. The summed E-state index contributed by atoms with van der Waals surface area (Å²) in [5.41, 5.74) is 2.27. The summed E-state index contributed by atoms with van der Waals surface area (Å²) in [5.74, 6) is 5.82. The third-order valence-electron chi connectivity index (χ3n) is 3.20. The molecule has 0 atom stereocenters. The van der Waals surface area contributed by atoms with Gasteiger partial charge >= 0.3 is 0 Å². The number of H-pyrrole nitrogens is 1. The average Bonchev–Trinajstić information content (AvgIpc) is 2.66. The first kappa shape index (κ1) is 13.7. The number of nitrogens with one attached hydrogen (secondary N) is 1. The fraction of sp³-hybridized carbons (Fsp3) is 0.600. The number of hydrogen-bond acceptors (Lipinski definition) is 2. The van der Waals surface area contributed by atoms with Crippen LogP contribution in [0.25, 0.3) is 0 Å². The van der Waals surface area contributed by atoms with Gasteiger partial charge in [-0.25, -0.2) is 0 Å². The van der Waals surface area contributed by atoms with Gasteiger partial charge in [0, 0.05) is 30.3 Å². The molecule has 0 saturated carbocycles. The van der Waals surface area contributed by atoms with Crippen LogP contribution in [0.1, 0.15) is 39.0 Å². The summed E-state index contributed by atoms with van der Waals surface area (Å²) in [7, 11) is 0. The van der Waals surface area contributed by atoms with Crippen molar-refractivity contribution in [1.29, 1.82) is 0 Å². The number of carbonyl (C=O) groups is 1. The van der Waals surface area contributed by atoms with Crippen molar-refractivity contribution in [3.05, 3.63) is 17.5 Å². The van der Waals surface area contributed by atoms with Crippen LogP contribution in [-0.2, 0) is 17.8 Å². The minimum absolute atomic E-state index is 0.0347. The fourth-order valence-corrected chi connectivity index (χ4v) is 2.37. The quantitative estimate of drug-likeness (QED) is 0.724. The molecule has 1 N–H and O–H groups in total. The third kappa shape index (κ3) is 3.37. The van der Waals surface area contributed by atoms with Gasteiger partial charge in [0.25, 0.3) is 5.91 Å². The molecule has 2 rings (SSSR count). The molecule has 19 heavy (non-hydrogen) atoms. The molecule has 1 aromatic heterocycles. The zero-order valence-corrected chi connectivity index (χ0v) is 12.1. The van der Waals surface area contributed by atoms with Crippen LogP contribution in [0.15, 0.2) is 6.20 Å². The molecule has 2 heterocycles. The molecule has 0 radical (unpaired) electrons. The maximum atomic E-state index is 12.2. The lowest BCUT2D eigenvalue weighted by molar-refractivity contribution is -0.126. The molecule has 0 unspecified atom stereocenters. The molecule has 0 aromatic carbocycles. The number of hydrogen-bond donors (Lipinski definition) is 1. The molecule has 0 bridgehead atoms. The van der Waals surface area contributed by atoms with Crippen molar-refractivity contribution in [2.45, 2.75) is 40.7 Å². The van der Waals surface area contributed by atoms with Gasteiger partial charge < -0.3 is 4.90 Å². The Balaban J connectivity index is 2.23. The second kappa shape index (κ2) is 5.08. The molecule has 102 valence electrons. The lowest BCUT2D eigenvalue weighted by Gasteiger charge is -2.28. The van der Waals surface area contributed by atoms with E-state index in [1.54, 1.807) is 0 Å². The van der Waals surface area contributed by atoms with Crippen molar-refractivity contribution >= 4 is 5.91 Å². The highest BCUT2D eigenvalue weighted by Gasteiger charge is 2.30. The summed E-state index contributed by atoms with van der Waals surface area (Å²) in [6.07, 6.45) is 2.72. The monoisotopic (exact) mass is 259 g/mol. The van der Waals surface area contributed by atoms with Crippen molar-refractivity contribution in [2.24, 2.45) is 11.3 Å². The number of aromatic nitrogens is 2. The molecular weight excluding hydrogens is 238 g/mol. The Morgan fingerprint density at radius 3 is 2.95 bits per heavy atom. The first-order chi connectivity index (χ1) is 8.87.